The van der Waals surface area contributed by atoms with Gasteiger partial charge in [0, 0.05) is 11.1 Å². The number of aromatic nitrogens is 6. The monoisotopic (exact) mass is 381 g/mol. The van der Waals surface area contributed by atoms with Crippen molar-refractivity contribution in [2.45, 2.75) is 0 Å². The number of fused-ring (bicyclic) bond motifs is 1. The minimum absolute atomic E-state index is 0.0876. The number of nitriles is 1. The minimum atomic E-state index is 0.0876. The first kappa shape index (κ1) is 16.2. The standard InChI is InChI=1S/C20H11N7S/c21-11-17-23-12-27(26-17)19-14-10-16(13-6-2-1-3-7-13)28-20(14)25-18(24-19)15-8-4-5-9-22-15/h1-10,12H. The van der Waals surface area contributed by atoms with Crippen LogP contribution in [-0.2, 0) is 0 Å². The Labute approximate surface area is 163 Å². The highest BCUT2D eigenvalue weighted by Crippen LogP contribution is 2.35. The van der Waals surface area contributed by atoms with E-state index in [0.29, 0.717) is 17.3 Å². The third-order valence-corrected chi connectivity index (χ3v) is 5.21. The Morgan fingerprint density at radius 1 is 0.964 bits per heavy atom. The fraction of sp³-hybridized carbons (Fsp3) is 0. The number of hydrogen-bond donors (Lipinski definition) is 0. The van der Waals surface area contributed by atoms with E-state index < -0.39 is 0 Å². The summed E-state index contributed by atoms with van der Waals surface area (Å²) in [5, 5.41) is 14.1. The number of benzene rings is 1. The lowest BCUT2D eigenvalue weighted by atomic mass is 10.2. The summed E-state index contributed by atoms with van der Waals surface area (Å²) >= 11 is 1.58. The Hall–Kier alpha value is -3.96. The van der Waals surface area contributed by atoms with Crippen molar-refractivity contribution in [2.75, 3.05) is 0 Å². The Morgan fingerprint density at radius 3 is 2.57 bits per heavy atom. The summed E-state index contributed by atoms with van der Waals surface area (Å²) in [6.07, 6.45) is 3.19. The molecular formula is C20H11N7S. The van der Waals surface area contributed by atoms with Gasteiger partial charge < -0.3 is 0 Å². The lowest BCUT2D eigenvalue weighted by Gasteiger charge is -2.05. The Kier molecular flexibility index (Phi) is 3.85. The Bertz CT molecular complexity index is 1320. The summed E-state index contributed by atoms with van der Waals surface area (Å²) < 4.78 is 1.51. The van der Waals surface area contributed by atoms with Crippen molar-refractivity contribution in [3.8, 4) is 33.8 Å². The molecule has 4 heterocycles. The zero-order valence-corrected chi connectivity index (χ0v) is 15.2. The molecule has 132 valence electrons. The highest BCUT2D eigenvalue weighted by Gasteiger charge is 2.17. The van der Waals surface area contributed by atoms with Crippen molar-refractivity contribution < 1.29 is 0 Å². The van der Waals surface area contributed by atoms with Crippen LogP contribution >= 0.6 is 11.3 Å². The number of thiophene rings is 1. The molecule has 0 bridgehead atoms. The van der Waals surface area contributed by atoms with E-state index in [2.05, 4.69) is 32.2 Å². The first-order valence-corrected chi connectivity index (χ1v) is 9.24. The van der Waals surface area contributed by atoms with Crippen molar-refractivity contribution >= 4 is 21.6 Å². The first-order chi connectivity index (χ1) is 13.8. The molecular weight excluding hydrogens is 370 g/mol. The van der Waals surface area contributed by atoms with E-state index in [9.17, 15) is 0 Å². The smallest absolute Gasteiger partial charge is 0.252 e. The van der Waals surface area contributed by atoms with E-state index in [1.807, 2.05) is 48.5 Å². The summed E-state index contributed by atoms with van der Waals surface area (Å²) in [4.78, 5) is 19.7. The fourth-order valence-electron chi connectivity index (χ4n) is 2.85. The van der Waals surface area contributed by atoms with Gasteiger partial charge in [-0.1, -0.05) is 36.4 Å². The zero-order valence-electron chi connectivity index (χ0n) is 14.4. The first-order valence-electron chi connectivity index (χ1n) is 8.42. The van der Waals surface area contributed by atoms with E-state index in [-0.39, 0.29) is 5.82 Å². The maximum absolute atomic E-state index is 9.07. The third kappa shape index (κ3) is 2.80. The van der Waals surface area contributed by atoms with Gasteiger partial charge >= 0.3 is 0 Å². The van der Waals surface area contributed by atoms with Crippen LogP contribution in [0.3, 0.4) is 0 Å². The number of hydrogen-bond acceptors (Lipinski definition) is 7. The van der Waals surface area contributed by atoms with Crippen molar-refractivity contribution in [1.29, 1.82) is 5.26 Å². The topological polar surface area (TPSA) is 93.2 Å². The quantitative estimate of drug-likeness (QED) is 0.471. The third-order valence-electron chi connectivity index (χ3n) is 4.13. The van der Waals surface area contributed by atoms with E-state index in [4.69, 9.17) is 10.2 Å². The van der Waals surface area contributed by atoms with E-state index in [0.717, 1.165) is 20.7 Å². The van der Waals surface area contributed by atoms with Crippen LogP contribution < -0.4 is 0 Å². The second-order valence-electron chi connectivity index (χ2n) is 5.91. The van der Waals surface area contributed by atoms with E-state index in [1.165, 1.54) is 11.0 Å². The lowest BCUT2D eigenvalue weighted by Crippen LogP contribution is -2.02. The van der Waals surface area contributed by atoms with Gasteiger partial charge in [0.15, 0.2) is 11.6 Å². The number of rotatable bonds is 3. The van der Waals surface area contributed by atoms with Crippen LogP contribution in [0.1, 0.15) is 5.82 Å². The van der Waals surface area contributed by atoms with Crippen molar-refractivity contribution in [3.63, 3.8) is 0 Å². The molecule has 0 aliphatic heterocycles. The van der Waals surface area contributed by atoms with Crippen molar-refractivity contribution in [2.24, 2.45) is 0 Å². The average Bonchev–Trinajstić information content (AvgIpc) is 3.41. The molecule has 8 heteroatoms. The van der Waals surface area contributed by atoms with Gasteiger partial charge in [-0.2, -0.15) is 5.26 Å². The van der Waals surface area contributed by atoms with Crippen LogP contribution in [0.25, 0.3) is 38.0 Å². The van der Waals surface area contributed by atoms with Gasteiger partial charge in [0.1, 0.15) is 22.9 Å². The van der Waals surface area contributed by atoms with Gasteiger partial charge in [-0.15, -0.1) is 16.4 Å². The summed E-state index contributed by atoms with van der Waals surface area (Å²) in [6, 6.07) is 19.7. The van der Waals surface area contributed by atoms with Crippen molar-refractivity contribution in [3.05, 3.63) is 72.9 Å². The predicted molar refractivity (Wildman–Crippen MR) is 106 cm³/mol. The van der Waals surface area contributed by atoms with Crippen LogP contribution in [0.4, 0.5) is 0 Å². The summed E-state index contributed by atoms with van der Waals surface area (Å²) in [5.74, 6) is 1.15. The molecule has 5 rings (SSSR count). The molecule has 0 fully saturated rings. The maximum atomic E-state index is 9.07. The average molecular weight is 381 g/mol. The van der Waals surface area contributed by atoms with Crippen LogP contribution in [0.5, 0.6) is 0 Å². The van der Waals surface area contributed by atoms with Gasteiger partial charge in [0.05, 0.1) is 5.39 Å². The van der Waals surface area contributed by atoms with Gasteiger partial charge in [0.25, 0.3) is 5.82 Å². The van der Waals surface area contributed by atoms with Gasteiger partial charge in [0.2, 0.25) is 0 Å². The molecule has 0 aliphatic carbocycles. The molecule has 0 spiro atoms. The maximum Gasteiger partial charge on any atom is 0.252 e. The molecule has 1 aromatic carbocycles. The molecule has 4 aromatic heterocycles. The second-order valence-corrected chi connectivity index (χ2v) is 6.94. The van der Waals surface area contributed by atoms with Crippen molar-refractivity contribution in [1.82, 2.24) is 29.7 Å². The highest BCUT2D eigenvalue weighted by atomic mass is 32.1. The summed E-state index contributed by atoms with van der Waals surface area (Å²) in [6.45, 7) is 0. The summed E-state index contributed by atoms with van der Waals surface area (Å²) in [7, 11) is 0. The van der Waals surface area contributed by atoms with Crippen LogP contribution in [0.2, 0.25) is 0 Å². The molecule has 7 nitrogen and oxygen atoms in total. The van der Waals surface area contributed by atoms with Gasteiger partial charge in [-0.3, -0.25) is 4.98 Å². The number of nitrogens with zero attached hydrogens (tertiary/aromatic N) is 7. The van der Waals surface area contributed by atoms with E-state index >= 15 is 0 Å². The number of pyridine rings is 1. The fourth-order valence-corrected chi connectivity index (χ4v) is 3.88. The summed E-state index contributed by atoms with van der Waals surface area (Å²) in [5.41, 5.74) is 1.77. The Morgan fingerprint density at radius 2 is 1.82 bits per heavy atom. The molecule has 0 saturated carbocycles. The molecule has 0 radical (unpaired) electrons. The predicted octanol–water partition coefficient (Wildman–Crippen LogP) is 3.87. The molecule has 28 heavy (non-hydrogen) atoms. The van der Waals surface area contributed by atoms with Gasteiger partial charge in [-0.25, -0.2) is 19.6 Å². The lowest BCUT2D eigenvalue weighted by molar-refractivity contribution is 0.846. The van der Waals surface area contributed by atoms with Gasteiger partial charge in [-0.05, 0) is 23.8 Å². The molecule has 5 aromatic rings. The SMILES string of the molecule is N#Cc1ncn(-c2nc(-c3ccccn3)nc3sc(-c4ccccc4)cc23)n1. The molecule has 0 saturated heterocycles. The molecule has 0 aliphatic rings. The minimum Gasteiger partial charge on any atom is -0.253 e. The molecule has 0 N–H and O–H groups in total. The molecule has 0 amide bonds. The van der Waals surface area contributed by atoms with Crippen LogP contribution in [-0.4, -0.2) is 29.7 Å². The zero-order chi connectivity index (χ0) is 18.9. The Balaban J connectivity index is 1.77. The molecule has 0 unspecified atom stereocenters. The van der Waals surface area contributed by atoms with Crippen LogP contribution in [0, 0.1) is 11.3 Å². The van der Waals surface area contributed by atoms with E-state index in [1.54, 1.807) is 17.5 Å². The second kappa shape index (κ2) is 6.64. The van der Waals surface area contributed by atoms with Crippen LogP contribution in [0.15, 0.2) is 67.1 Å². The molecule has 0 atom stereocenters. The largest absolute Gasteiger partial charge is 0.253 e. The highest BCUT2D eigenvalue weighted by molar-refractivity contribution is 7.21. The normalized spacial score (nSPS) is 10.8.